The third-order valence-electron chi connectivity index (χ3n) is 5.05. The lowest BCUT2D eigenvalue weighted by molar-refractivity contribution is 0.0685. The van der Waals surface area contributed by atoms with Gasteiger partial charge in [0, 0.05) is 37.7 Å². The van der Waals surface area contributed by atoms with Crippen molar-refractivity contribution in [2.45, 2.75) is 25.4 Å². The van der Waals surface area contributed by atoms with E-state index in [1.807, 2.05) is 11.9 Å². The number of benzene rings is 1. The molecule has 1 saturated carbocycles. The van der Waals surface area contributed by atoms with E-state index in [4.69, 9.17) is 0 Å². The van der Waals surface area contributed by atoms with E-state index in [1.54, 1.807) is 6.07 Å². The van der Waals surface area contributed by atoms with Crippen LogP contribution >= 0.6 is 0 Å². The van der Waals surface area contributed by atoms with Crippen LogP contribution in [0, 0.1) is 11.2 Å². The zero-order chi connectivity index (χ0) is 13.2. The number of amides is 1. The molecule has 1 aromatic rings. The third-order valence-corrected chi connectivity index (χ3v) is 5.05. The van der Waals surface area contributed by atoms with Crippen LogP contribution < -0.4 is 0 Å². The Morgan fingerprint density at radius 1 is 1.37 bits per heavy atom. The third kappa shape index (κ3) is 1.56. The molecule has 100 valence electrons. The van der Waals surface area contributed by atoms with Crippen molar-refractivity contribution in [1.82, 2.24) is 9.80 Å². The molecule has 2 bridgehead atoms. The van der Waals surface area contributed by atoms with Crippen LogP contribution in [0.25, 0.3) is 0 Å². The van der Waals surface area contributed by atoms with Gasteiger partial charge in [-0.2, -0.15) is 0 Å². The minimum Gasteiger partial charge on any atom is -0.337 e. The van der Waals surface area contributed by atoms with E-state index in [2.05, 4.69) is 4.90 Å². The summed E-state index contributed by atoms with van der Waals surface area (Å²) in [6.45, 7) is 2.80. The largest absolute Gasteiger partial charge is 0.337 e. The van der Waals surface area contributed by atoms with Gasteiger partial charge >= 0.3 is 0 Å². The zero-order valence-corrected chi connectivity index (χ0v) is 11.0. The molecule has 0 N–H and O–H groups in total. The summed E-state index contributed by atoms with van der Waals surface area (Å²) in [5.74, 6) is -0.350. The van der Waals surface area contributed by atoms with Crippen molar-refractivity contribution in [2.24, 2.45) is 5.41 Å². The van der Waals surface area contributed by atoms with E-state index < -0.39 is 0 Å². The SMILES string of the molecule is CN1C(=O)c2cc(F)ccc2CN2C[C@@H]1C1(CC1)C2. The lowest BCUT2D eigenvalue weighted by Gasteiger charge is -2.31. The Morgan fingerprint density at radius 3 is 2.89 bits per heavy atom. The summed E-state index contributed by atoms with van der Waals surface area (Å²) in [5.41, 5.74) is 1.81. The standard InChI is InChI=1S/C15H17FN2O/c1-17-13-8-18(9-15(13)4-5-15)7-10-2-3-11(16)6-12(10)14(17)19/h2-3,6,13H,4-5,7-9H2,1H3/t13-/m1/s1. The van der Waals surface area contributed by atoms with Gasteiger partial charge in [-0.25, -0.2) is 4.39 Å². The van der Waals surface area contributed by atoms with Crippen molar-refractivity contribution < 1.29 is 9.18 Å². The minimum absolute atomic E-state index is 0.0210. The van der Waals surface area contributed by atoms with Gasteiger partial charge in [0.2, 0.25) is 0 Å². The first-order valence-electron chi connectivity index (χ1n) is 6.87. The molecular formula is C15H17FN2O. The molecule has 1 aliphatic carbocycles. The van der Waals surface area contributed by atoms with Crippen molar-refractivity contribution in [2.75, 3.05) is 20.1 Å². The molecule has 2 aliphatic heterocycles. The number of halogens is 1. The van der Waals surface area contributed by atoms with E-state index in [0.29, 0.717) is 17.0 Å². The molecule has 1 spiro atoms. The Kier molecular flexibility index (Phi) is 2.14. The molecule has 4 heteroatoms. The van der Waals surface area contributed by atoms with Gasteiger partial charge in [-0.05, 0) is 30.5 Å². The topological polar surface area (TPSA) is 23.6 Å². The van der Waals surface area contributed by atoms with Gasteiger partial charge < -0.3 is 4.90 Å². The molecule has 1 amide bonds. The van der Waals surface area contributed by atoms with Crippen LogP contribution in [0.15, 0.2) is 18.2 Å². The number of likely N-dealkylation sites (N-methyl/N-ethyl adjacent to an activating group) is 1. The van der Waals surface area contributed by atoms with Gasteiger partial charge in [0.15, 0.2) is 0 Å². The highest BCUT2D eigenvalue weighted by Crippen LogP contribution is 2.55. The molecule has 2 fully saturated rings. The fourth-order valence-corrected chi connectivity index (χ4v) is 3.82. The van der Waals surface area contributed by atoms with Crippen molar-refractivity contribution >= 4 is 5.91 Å². The highest BCUT2D eigenvalue weighted by Gasteiger charge is 2.57. The zero-order valence-electron chi connectivity index (χ0n) is 11.0. The van der Waals surface area contributed by atoms with Gasteiger partial charge in [-0.1, -0.05) is 6.07 Å². The highest BCUT2D eigenvalue weighted by molar-refractivity contribution is 5.96. The second-order valence-corrected chi connectivity index (χ2v) is 6.27. The van der Waals surface area contributed by atoms with E-state index >= 15 is 0 Å². The molecule has 1 unspecified atom stereocenters. The number of carbonyl (C=O) groups excluding carboxylic acids is 1. The van der Waals surface area contributed by atoms with Crippen LogP contribution in [-0.2, 0) is 6.54 Å². The summed E-state index contributed by atoms with van der Waals surface area (Å²) in [6, 6.07) is 4.90. The van der Waals surface area contributed by atoms with E-state index in [0.717, 1.165) is 25.2 Å². The maximum absolute atomic E-state index is 13.4. The Balaban J connectivity index is 1.82. The summed E-state index contributed by atoms with van der Waals surface area (Å²) in [7, 11) is 1.87. The molecule has 2 atom stereocenters. The Morgan fingerprint density at radius 2 is 2.16 bits per heavy atom. The predicted octanol–water partition coefficient (Wildman–Crippen LogP) is 1.88. The van der Waals surface area contributed by atoms with Gasteiger partial charge in [0.25, 0.3) is 5.91 Å². The summed E-state index contributed by atoms with van der Waals surface area (Å²) < 4.78 is 13.4. The number of hydrogen-bond acceptors (Lipinski definition) is 2. The molecule has 3 aliphatic rings. The number of nitrogens with zero attached hydrogens (tertiary/aromatic N) is 2. The summed E-state index contributed by atoms with van der Waals surface area (Å²) in [6.07, 6.45) is 2.44. The van der Waals surface area contributed by atoms with Gasteiger partial charge in [-0.3, -0.25) is 9.69 Å². The lowest BCUT2D eigenvalue weighted by Crippen LogP contribution is -2.44. The smallest absolute Gasteiger partial charge is 0.254 e. The highest BCUT2D eigenvalue weighted by atomic mass is 19.1. The van der Waals surface area contributed by atoms with Crippen LogP contribution in [0.4, 0.5) is 4.39 Å². The second kappa shape index (κ2) is 3.57. The Hall–Kier alpha value is -1.42. The molecule has 2 heterocycles. The average molecular weight is 260 g/mol. The van der Waals surface area contributed by atoms with Crippen molar-refractivity contribution in [3.63, 3.8) is 0 Å². The fraction of sp³-hybridized carbons (Fsp3) is 0.533. The molecular weight excluding hydrogens is 243 g/mol. The van der Waals surface area contributed by atoms with Gasteiger partial charge in [0.1, 0.15) is 5.82 Å². The second-order valence-electron chi connectivity index (χ2n) is 6.27. The molecule has 1 saturated heterocycles. The van der Waals surface area contributed by atoms with Crippen molar-refractivity contribution in [1.29, 1.82) is 0 Å². The maximum atomic E-state index is 13.4. The molecule has 19 heavy (non-hydrogen) atoms. The van der Waals surface area contributed by atoms with E-state index in [9.17, 15) is 9.18 Å². The van der Waals surface area contributed by atoms with Crippen LogP contribution in [-0.4, -0.2) is 41.9 Å². The quantitative estimate of drug-likeness (QED) is 0.711. The van der Waals surface area contributed by atoms with E-state index in [-0.39, 0.29) is 11.7 Å². The van der Waals surface area contributed by atoms with Crippen LogP contribution in [0.2, 0.25) is 0 Å². The van der Waals surface area contributed by atoms with Crippen LogP contribution in [0.5, 0.6) is 0 Å². The molecule has 0 aromatic heterocycles. The van der Waals surface area contributed by atoms with Crippen molar-refractivity contribution in [3.05, 3.63) is 35.1 Å². The van der Waals surface area contributed by atoms with E-state index in [1.165, 1.54) is 25.0 Å². The summed E-state index contributed by atoms with van der Waals surface area (Å²) in [5, 5.41) is 0. The molecule has 0 radical (unpaired) electrons. The van der Waals surface area contributed by atoms with Crippen molar-refractivity contribution in [3.8, 4) is 0 Å². The monoisotopic (exact) mass is 260 g/mol. The van der Waals surface area contributed by atoms with Crippen LogP contribution in [0.3, 0.4) is 0 Å². The number of carbonyl (C=O) groups is 1. The number of hydrogen-bond donors (Lipinski definition) is 0. The van der Waals surface area contributed by atoms with Crippen LogP contribution in [0.1, 0.15) is 28.8 Å². The molecule has 3 nitrogen and oxygen atoms in total. The van der Waals surface area contributed by atoms with Gasteiger partial charge in [0.05, 0.1) is 6.04 Å². The normalized spacial score (nSPS) is 31.1. The summed E-state index contributed by atoms with van der Waals surface area (Å²) >= 11 is 0. The van der Waals surface area contributed by atoms with Gasteiger partial charge in [-0.15, -0.1) is 0 Å². The Bertz CT molecular complexity index is 567. The Labute approximate surface area is 112 Å². The lowest BCUT2D eigenvalue weighted by atomic mass is 9.98. The first-order valence-corrected chi connectivity index (χ1v) is 6.87. The first-order chi connectivity index (χ1) is 9.09. The number of fused-ring (bicyclic) bond motifs is 4. The summed E-state index contributed by atoms with van der Waals surface area (Å²) in [4.78, 5) is 16.9. The number of rotatable bonds is 0. The first kappa shape index (κ1) is 11.4. The maximum Gasteiger partial charge on any atom is 0.254 e. The fourth-order valence-electron chi connectivity index (χ4n) is 3.82. The molecule has 1 aromatic carbocycles. The average Bonchev–Trinajstić information content (AvgIpc) is 3.05. The minimum atomic E-state index is -0.329. The predicted molar refractivity (Wildman–Crippen MR) is 69.2 cm³/mol. The molecule has 4 rings (SSSR count).